The van der Waals surface area contributed by atoms with Crippen LogP contribution in [0.25, 0.3) is 0 Å². The third kappa shape index (κ3) is 15.0. The quantitative estimate of drug-likeness (QED) is 0.0821. The van der Waals surface area contributed by atoms with Crippen LogP contribution >= 0.6 is 0 Å². The number of nitrogens with zero attached hydrogens (tertiary/aromatic N) is 2. The van der Waals surface area contributed by atoms with E-state index in [-0.39, 0.29) is 28.6 Å². The van der Waals surface area contributed by atoms with E-state index in [2.05, 4.69) is 21.0 Å². The molecule has 6 nitrogen and oxygen atoms in total. The summed E-state index contributed by atoms with van der Waals surface area (Å²) in [7, 11) is 4.44. The van der Waals surface area contributed by atoms with Crippen molar-refractivity contribution in [1.29, 1.82) is 0 Å². The molecule has 0 fully saturated rings. The smallest absolute Gasteiger partial charge is 0.311 e. The summed E-state index contributed by atoms with van der Waals surface area (Å²) in [6, 6.07) is 5.60. The highest BCUT2D eigenvalue weighted by atomic mass is 79.9. The first-order chi connectivity index (χ1) is 14.3. The number of benzene rings is 1. The van der Waals surface area contributed by atoms with E-state index in [0.717, 1.165) is 24.0 Å². The van der Waals surface area contributed by atoms with E-state index in [0.29, 0.717) is 12.2 Å². The molecule has 7 heteroatoms. The molecule has 0 atom stereocenters. The minimum Gasteiger partial charge on any atom is -1.00 e. The predicted molar refractivity (Wildman–Crippen MR) is 122 cm³/mol. The zero-order valence-electron chi connectivity index (χ0n) is 19.6. The van der Waals surface area contributed by atoms with Crippen molar-refractivity contribution in [3.63, 3.8) is 0 Å². The highest BCUT2D eigenvalue weighted by Gasteiger charge is 2.16. The summed E-state index contributed by atoms with van der Waals surface area (Å²) < 4.78 is 6.18. The van der Waals surface area contributed by atoms with E-state index >= 15 is 0 Å². The lowest BCUT2D eigenvalue weighted by molar-refractivity contribution is -0.890. The van der Waals surface area contributed by atoms with E-state index in [9.17, 15) is 14.9 Å². The number of nitro groups is 1. The number of unbranched alkanes of at least 4 members (excludes halogenated alkanes) is 9. The second kappa shape index (κ2) is 17.1. The lowest BCUT2D eigenvalue weighted by Gasteiger charge is -2.29. The maximum absolute atomic E-state index is 12.0. The Kier molecular flexibility index (Phi) is 16.3. The molecular weight excluding hydrogens is 460 g/mol. The average Bonchev–Trinajstić information content (AvgIpc) is 2.69. The number of ether oxygens (including phenoxy) is 1. The van der Waals surface area contributed by atoms with Crippen LogP contribution in [0, 0.1) is 10.1 Å². The van der Waals surface area contributed by atoms with Crippen molar-refractivity contribution in [1.82, 2.24) is 0 Å². The monoisotopic (exact) mass is 500 g/mol. The molecule has 0 aliphatic carbocycles. The Morgan fingerprint density at radius 2 is 1.35 bits per heavy atom. The van der Waals surface area contributed by atoms with Crippen LogP contribution in [0.1, 0.15) is 84.0 Å². The molecule has 0 radical (unpaired) electrons. The van der Waals surface area contributed by atoms with Gasteiger partial charge in [0.05, 0.1) is 38.5 Å². The minimum absolute atomic E-state index is 0. The topological polar surface area (TPSA) is 69.4 Å². The Balaban J connectivity index is 0.00000900. The van der Waals surface area contributed by atoms with Crippen molar-refractivity contribution in [2.75, 3.05) is 27.2 Å². The van der Waals surface area contributed by atoms with E-state index in [1.807, 2.05) is 0 Å². The minimum atomic E-state index is -0.472. The van der Waals surface area contributed by atoms with Gasteiger partial charge in [-0.05, 0) is 25.0 Å². The molecule has 31 heavy (non-hydrogen) atoms. The zero-order chi connectivity index (χ0) is 22.2. The van der Waals surface area contributed by atoms with Crippen LogP contribution < -0.4 is 21.7 Å². The lowest BCUT2D eigenvalue weighted by Crippen LogP contribution is -3.00. The van der Waals surface area contributed by atoms with Gasteiger partial charge in [0.25, 0.3) is 5.69 Å². The molecular formula is C24H41BrN2O4. The van der Waals surface area contributed by atoms with Gasteiger partial charge < -0.3 is 26.2 Å². The molecule has 0 spiro atoms. The Bertz CT molecular complexity index is 621. The predicted octanol–water partition coefficient (Wildman–Crippen LogP) is 3.28. The summed E-state index contributed by atoms with van der Waals surface area (Å²) >= 11 is 0. The molecule has 0 saturated heterocycles. The summed E-state index contributed by atoms with van der Waals surface area (Å²) in [5.74, 6) is 0.0625. The Morgan fingerprint density at radius 1 is 0.871 bits per heavy atom. The average molecular weight is 502 g/mol. The highest BCUT2D eigenvalue weighted by Crippen LogP contribution is 2.18. The molecule has 0 unspecified atom stereocenters. The van der Waals surface area contributed by atoms with Gasteiger partial charge in [-0.1, -0.05) is 58.3 Å². The highest BCUT2D eigenvalue weighted by molar-refractivity contribution is 5.72. The van der Waals surface area contributed by atoms with Crippen LogP contribution in [-0.2, 0) is 4.79 Å². The number of esters is 1. The molecule has 0 N–H and O–H groups in total. The normalized spacial score (nSPS) is 11.1. The first-order valence-corrected chi connectivity index (χ1v) is 11.6. The second-order valence-electron chi connectivity index (χ2n) is 8.89. The van der Waals surface area contributed by atoms with Gasteiger partial charge >= 0.3 is 5.97 Å². The first kappa shape index (κ1) is 29.5. The van der Waals surface area contributed by atoms with Gasteiger partial charge in [0, 0.05) is 18.6 Å². The largest absolute Gasteiger partial charge is 1.00 e. The number of rotatable bonds is 17. The molecule has 0 aromatic heterocycles. The van der Waals surface area contributed by atoms with Crippen molar-refractivity contribution >= 4 is 11.7 Å². The maximum atomic E-state index is 12.0. The lowest BCUT2D eigenvalue weighted by atomic mass is 10.1. The van der Waals surface area contributed by atoms with Crippen molar-refractivity contribution in [3.05, 3.63) is 34.4 Å². The third-order valence-electron chi connectivity index (χ3n) is 5.54. The number of hydrogen-bond acceptors (Lipinski definition) is 4. The molecule has 1 aromatic rings. The van der Waals surface area contributed by atoms with E-state index in [4.69, 9.17) is 4.74 Å². The summed E-state index contributed by atoms with van der Waals surface area (Å²) in [6.07, 6.45) is 14.6. The molecule has 0 amide bonds. The first-order valence-electron chi connectivity index (χ1n) is 11.6. The molecule has 0 bridgehead atoms. The number of halogens is 1. The maximum Gasteiger partial charge on any atom is 0.311 e. The van der Waals surface area contributed by atoms with Crippen molar-refractivity contribution < 1.29 is 35.9 Å². The summed E-state index contributed by atoms with van der Waals surface area (Å²) in [6.45, 7) is 4.33. The molecule has 178 valence electrons. The van der Waals surface area contributed by atoms with Gasteiger partial charge in [0.1, 0.15) is 5.75 Å². The number of carbonyl (C=O) groups is 1. The Hall–Kier alpha value is -1.47. The standard InChI is InChI=1S/C24H41N2O4.BrH/c1-4-5-6-7-8-9-10-11-12-13-20-26(2,3)21-14-15-24(27)30-23-18-16-22(17-19-23)25(28)29;/h16-19H,4-15,20-21H2,1-3H3;1H/q+1;/p-1. The number of hydrogen-bond donors (Lipinski definition) is 0. The molecule has 0 saturated carbocycles. The molecule has 0 aliphatic heterocycles. The van der Waals surface area contributed by atoms with Crippen molar-refractivity contribution in [3.8, 4) is 5.75 Å². The SMILES string of the molecule is CCCCCCCCCCCC[N+](C)(C)CCCC(=O)Oc1ccc([N+](=O)[O-])cc1.[Br-]. The molecule has 0 heterocycles. The van der Waals surface area contributed by atoms with Gasteiger partial charge in [0.15, 0.2) is 0 Å². The van der Waals surface area contributed by atoms with Crippen LogP contribution in [0.3, 0.4) is 0 Å². The fourth-order valence-electron chi connectivity index (χ4n) is 3.61. The van der Waals surface area contributed by atoms with Crippen LogP contribution in [-0.4, -0.2) is 42.6 Å². The fraction of sp³-hybridized carbons (Fsp3) is 0.708. The number of quaternary nitrogens is 1. The third-order valence-corrected chi connectivity index (χ3v) is 5.54. The van der Waals surface area contributed by atoms with Gasteiger partial charge in [-0.2, -0.15) is 0 Å². The van der Waals surface area contributed by atoms with Gasteiger partial charge in [0.2, 0.25) is 0 Å². The van der Waals surface area contributed by atoms with Crippen LogP contribution in [0.4, 0.5) is 5.69 Å². The van der Waals surface area contributed by atoms with Crippen molar-refractivity contribution in [2.45, 2.75) is 84.0 Å². The fourth-order valence-corrected chi connectivity index (χ4v) is 3.61. The van der Waals surface area contributed by atoms with Crippen LogP contribution in [0.2, 0.25) is 0 Å². The van der Waals surface area contributed by atoms with E-state index < -0.39 is 4.92 Å². The molecule has 1 aromatic carbocycles. The second-order valence-corrected chi connectivity index (χ2v) is 8.89. The zero-order valence-corrected chi connectivity index (χ0v) is 21.2. The number of nitro benzene ring substituents is 1. The van der Waals surface area contributed by atoms with Crippen LogP contribution in [0.5, 0.6) is 5.75 Å². The molecule has 0 aliphatic rings. The number of carbonyl (C=O) groups excluding carboxylic acids is 1. The summed E-state index contributed by atoms with van der Waals surface area (Å²) in [5.41, 5.74) is -0.0131. The van der Waals surface area contributed by atoms with Crippen molar-refractivity contribution in [2.24, 2.45) is 0 Å². The summed E-state index contributed by atoms with van der Waals surface area (Å²) in [4.78, 5) is 22.2. The Labute approximate surface area is 198 Å². The van der Waals surface area contributed by atoms with Gasteiger partial charge in [-0.3, -0.25) is 14.9 Å². The molecule has 1 rings (SSSR count). The van der Waals surface area contributed by atoms with Gasteiger partial charge in [-0.15, -0.1) is 0 Å². The number of non-ortho nitro benzene ring substituents is 1. The van der Waals surface area contributed by atoms with E-state index in [1.165, 1.54) is 88.5 Å². The Morgan fingerprint density at radius 3 is 1.87 bits per heavy atom. The van der Waals surface area contributed by atoms with Gasteiger partial charge in [-0.25, -0.2) is 0 Å². The summed E-state index contributed by atoms with van der Waals surface area (Å²) in [5, 5.41) is 10.7. The van der Waals surface area contributed by atoms with Crippen LogP contribution in [0.15, 0.2) is 24.3 Å². The van der Waals surface area contributed by atoms with E-state index in [1.54, 1.807) is 0 Å².